The second kappa shape index (κ2) is 6.82. The largest absolute Gasteiger partial charge is 0.340 e. The molecule has 0 aliphatic carbocycles. The summed E-state index contributed by atoms with van der Waals surface area (Å²) in [5, 5.41) is 0. The molecule has 104 valence electrons. The molecule has 0 saturated heterocycles. The van der Waals surface area contributed by atoms with Gasteiger partial charge >= 0.3 is 0 Å². The van der Waals surface area contributed by atoms with E-state index in [0.717, 1.165) is 11.1 Å². The fourth-order valence-electron chi connectivity index (χ4n) is 2.08. The van der Waals surface area contributed by atoms with Crippen LogP contribution in [0.5, 0.6) is 0 Å². The minimum absolute atomic E-state index is 0.0503. The lowest BCUT2D eigenvalue weighted by Gasteiger charge is -2.21. The van der Waals surface area contributed by atoms with Gasteiger partial charge in [-0.05, 0) is 29.7 Å². The first-order valence-electron chi connectivity index (χ1n) is 6.60. The first-order chi connectivity index (χ1) is 9.66. The van der Waals surface area contributed by atoms with Gasteiger partial charge in [0.1, 0.15) is 0 Å². The molecule has 2 rings (SSSR count). The normalized spacial score (nSPS) is 11.9. The van der Waals surface area contributed by atoms with Crippen LogP contribution in [0.3, 0.4) is 0 Å². The lowest BCUT2D eigenvalue weighted by atomic mass is 10.1. The Balaban J connectivity index is 1.93. The van der Waals surface area contributed by atoms with Crippen LogP contribution in [0.15, 0.2) is 54.9 Å². The number of hydrogen-bond acceptors (Lipinski definition) is 3. The van der Waals surface area contributed by atoms with E-state index < -0.39 is 6.04 Å². The Morgan fingerprint density at radius 2 is 1.80 bits per heavy atom. The molecule has 1 unspecified atom stereocenters. The fourth-order valence-corrected chi connectivity index (χ4v) is 2.08. The average molecular weight is 269 g/mol. The predicted molar refractivity (Wildman–Crippen MR) is 78.8 cm³/mol. The molecule has 1 aromatic carbocycles. The van der Waals surface area contributed by atoms with Crippen molar-refractivity contribution in [2.45, 2.75) is 19.0 Å². The molecule has 2 aromatic rings. The molecule has 4 nitrogen and oxygen atoms in total. The predicted octanol–water partition coefficient (Wildman–Crippen LogP) is 1.61. The van der Waals surface area contributed by atoms with Gasteiger partial charge in [-0.25, -0.2) is 0 Å². The van der Waals surface area contributed by atoms with Gasteiger partial charge in [0.05, 0.1) is 6.04 Å². The van der Waals surface area contributed by atoms with Crippen LogP contribution >= 0.6 is 0 Å². The van der Waals surface area contributed by atoms with Crippen molar-refractivity contribution >= 4 is 5.91 Å². The molecule has 1 heterocycles. The van der Waals surface area contributed by atoms with Gasteiger partial charge in [-0.15, -0.1) is 0 Å². The van der Waals surface area contributed by atoms with Crippen LogP contribution in [0.4, 0.5) is 0 Å². The summed E-state index contributed by atoms with van der Waals surface area (Å²) in [5.41, 5.74) is 8.12. The van der Waals surface area contributed by atoms with E-state index >= 15 is 0 Å². The number of likely N-dealkylation sites (N-methyl/N-ethyl adjacent to an activating group) is 1. The van der Waals surface area contributed by atoms with Crippen molar-refractivity contribution in [3.63, 3.8) is 0 Å². The van der Waals surface area contributed by atoms with Crippen LogP contribution < -0.4 is 5.73 Å². The van der Waals surface area contributed by atoms with Gasteiger partial charge in [-0.1, -0.05) is 30.3 Å². The molecule has 0 spiro atoms. The molecule has 0 bridgehead atoms. The third kappa shape index (κ3) is 3.90. The van der Waals surface area contributed by atoms with Crippen molar-refractivity contribution in [2.24, 2.45) is 5.73 Å². The summed E-state index contributed by atoms with van der Waals surface area (Å²) in [6.07, 6.45) is 4.00. The van der Waals surface area contributed by atoms with Gasteiger partial charge in [0.15, 0.2) is 0 Å². The molecular weight excluding hydrogens is 250 g/mol. The average Bonchev–Trinajstić information content (AvgIpc) is 2.48. The minimum atomic E-state index is -0.510. The standard InChI is InChI=1S/C16H19N3O/c1-19(12-14-7-9-18-10-8-14)16(20)15(17)11-13-5-3-2-4-6-13/h2-10,15H,11-12,17H2,1H3. The Bertz CT molecular complexity index is 493. The Kier molecular flexibility index (Phi) is 4.85. The third-order valence-electron chi connectivity index (χ3n) is 3.16. The second-order valence-corrected chi connectivity index (χ2v) is 4.85. The summed E-state index contributed by atoms with van der Waals surface area (Å²) >= 11 is 0. The molecule has 0 aliphatic heterocycles. The Hall–Kier alpha value is -2.20. The number of aromatic nitrogens is 1. The zero-order chi connectivity index (χ0) is 14.4. The third-order valence-corrected chi connectivity index (χ3v) is 3.16. The van der Waals surface area contributed by atoms with Crippen molar-refractivity contribution in [1.82, 2.24) is 9.88 Å². The highest BCUT2D eigenvalue weighted by Gasteiger charge is 2.18. The van der Waals surface area contributed by atoms with Crippen molar-refractivity contribution in [3.8, 4) is 0 Å². The van der Waals surface area contributed by atoms with Gasteiger partial charge < -0.3 is 10.6 Å². The van der Waals surface area contributed by atoms with E-state index in [0.29, 0.717) is 13.0 Å². The summed E-state index contributed by atoms with van der Waals surface area (Å²) in [6.45, 7) is 0.545. The molecule has 20 heavy (non-hydrogen) atoms. The molecule has 1 atom stereocenters. The van der Waals surface area contributed by atoms with Gasteiger partial charge in [-0.2, -0.15) is 0 Å². The van der Waals surface area contributed by atoms with Crippen LogP contribution in [0.2, 0.25) is 0 Å². The van der Waals surface area contributed by atoms with Gasteiger partial charge in [0.25, 0.3) is 0 Å². The summed E-state index contributed by atoms with van der Waals surface area (Å²) in [6, 6.07) is 13.1. The number of pyridine rings is 1. The van der Waals surface area contributed by atoms with E-state index in [-0.39, 0.29) is 5.91 Å². The van der Waals surface area contributed by atoms with Crippen molar-refractivity contribution in [1.29, 1.82) is 0 Å². The molecule has 1 amide bonds. The van der Waals surface area contributed by atoms with E-state index in [9.17, 15) is 4.79 Å². The summed E-state index contributed by atoms with van der Waals surface area (Å²) in [5.74, 6) is -0.0503. The van der Waals surface area contributed by atoms with Gasteiger partial charge in [-0.3, -0.25) is 9.78 Å². The highest BCUT2D eigenvalue weighted by Crippen LogP contribution is 2.06. The number of nitrogens with two attached hydrogens (primary N) is 1. The summed E-state index contributed by atoms with van der Waals surface area (Å²) in [7, 11) is 1.77. The smallest absolute Gasteiger partial charge is 0.239 e. The number of nitrogens with zero attached hydrogens (tertiary/aromatic N) is 2. The van der Waals surface area contributed by atoms with Crippen LogP contribution in [-0.2, 0) is 17.8 Å². The zero-order valence-electron chi connectivity index (χ0n) is 11.6. The van der Waals surface area contributed by atoms with E-state index in [1.807, 2.05) is 42.5 Å². The van der Waals surface area contributed by atoms with E-state index in [2.05, 4.69) is 4.98 Å². The highest BCUT2D eigenvalue weighted by molar-refractivity contribution is 5.81. The van der Waals surface area contributed by atoms with Crippen molar-refractivity contribution in [2.75, 3.05) is 7.05 Å². The second-order valence-electron chi connectivity index (χ2n) is 4.85. The number of rotatable bonds is 5. The quantitative estimate of drug-likeness (QED) is 0.897. The molecule has 0 aliphatic rings. The molecule has 1 aromatic heterocycles. The molecule has 0 saturated carbocycles. The topological polar surface area (TPSA) is 59.2 Å². The lowest BCUT2D eigenvalue weighted by molar-refractivity contribution is -0.131. The first-order valence-corrected chi connectivity index (χ1v) is 6.60. The lowest BCUT2D eigenvalue weighted by Crippen LogP contribution is -2.42. The Morgan fingerprint density at radius 1 is 1.15 bits per heavy atom. The molecule has 2 N–H and O–H groups in total. The Labute approximate surface area is 119 Å². The minimum Gasteiger partial charge on any atom is -0.340 e. The zero-order valence-corrected chi connectivity index (χ0v) is 11.6. The number of hydrogen-bond donors (Lipinski definition) is 1. The maximum atomic E-state index is 12.2. The Morgan fingerprint density at radius 3 is 2.45 bits per heavy atom. The summed E-state index contributed by atoms with van der Waals surface area (Å²) in [4.78, 5) is 17.9. The first kappa shape index (κ1) is 14.2. The van der Waals surface area contributed by atoms with Crippen LogP contribution in [0.1, 0.15) is 11.1 Å². The van der Waals surface area contributed by atoms with E-state index in [4.69, 9.17) is 5.73 Å². The fraction of sp³-hybridized carbons (Fsp3) is 0.250. The number of benzene rings is 1. The molecule has 0 fully saturated rings. The molecule has 0 radical (unpaired) electrons. The summed E-state index contributed by atoms with van der Waals surface area (Å²) < 4.78 is 0. The number of carbonyl (C=O) groups is 1. The highest BCUT2D eigenvalue weighted by atomic mass is 16.2. The van der Waals surface area contributed by atoms with Crippen LogP contribution in [0, 0.1) is 0 Å². The number of amides is 1. The van der Waals surface area contributed by atoms with Gasteiger partial charge in [0.2, 0.25) is 5.91 Å². The van der Waals surface area contributed by atoms with Crippen molar-refractivity contribution < 1.29 is 4.79 Å². The maximum absolute atomic E-state index is 12.2. The van der Waals surface area contributed by atoms with E-state index in [1.165, 1.54) is 0 Å². The van der Waals surface area contributed by atoms with Gasteiger partial charge in [0, 0.05) is 26.0 Å². The molecular formula is C16H19N3O. The number of carbonyl (C=O) groups excluding carboxylic acids is 1. The van der Waals surface area contributed by atoms with E-state index in [1.54, 1.807) is 24.3 Å². The maximum Gasteiger partial charge on any atom is 0.239 e. The van der Waals surface area contributed by atoms with Crippen LogP contribution in [-0.4, -0.2) is 28.9 Å². The molecule has 4 heteroatoms. The SMILES string of the molecule is CN(Cc1ccncc1)C(=O)C(N)Cc1ccccc1. The van der Waals surface area contributed by atoms with Crippen LogP contribution in [0.25, 0.3) is 0 Å². The monoisotopic (exact) mass is 269 g/mol. The van der Waals surface area contributed by atoms with Crippen molar-refractivity contribution in [3.05, 3.63) is 66.0 Å².